The molecule has 0 aliphatic carbocycles. The number of aromatic amines is 1. The monoisotopic (exact) mass is 440 g/mol. The van der Waals surface area contributed by atoms with Crippen LogP contribution in [0.1, 0.15) is 58.2 Å². The Morgan fingerprint density at radius 3 is 2.63 bits per heavy atom. The van der Waals surface area contributed by atoms with Gasteiger partial charge in [-0.15, -0.1) is 0 Å². The summed E-state index contributed by atoms with van der Waals surface area (Å²) in [6.07, 6.45) is 3.88. The van der Waals surface area contributed by atoms with Crippen LogP contribution in [0.4, 0.5) is 0 Å². The summed E-state index contributed by atoms with van der Waals surface area (Å²) in [6, 6.07) is 0. The van der Waals surface area contributed by atoms with Gasteiger partial charge >= 0.3 is 5.69 Å². The zero-order chi connectivity index (χ0) is 22.1. The molecule has 1 unspecified atom stereocenters. The lowest BCUT2D eigenvalue weighted by molar-refractivity contribution is -0.185. The van der Waals surface area contributed by atoms with E-state index in [1.807, 2.05) is 0 Å². The Labute approximate surface area is 179 Å². The van der Waals surface area contributed by atoms with Gasteiger partial charge in [0.05, 0.1) is 12.7 Å². The van der Waals surface area contributed by atoms with Crippen molar-refractivity contribution in [3.63, 3.8) is 0 Å². The van der Waals surface area contributed by atoms with E-state index in [9.17, 15) is 9.59 Å². The van der Waals surface area contributed by atoms with Crippen molar-refractivity contribution in [2.24, 2.45) is 0 Å². The van der Waals surface area contributed by atoms with E-state index < -0.39 is 20.2 Å². The predicted octanol–water partition coefficient (Wildman–Crippen LogP) is 3.07. The quantitative estimate of drug-likeness (QED) is 0.684. The molecule has 4 atom stereocenters. The lowest BCUT2D eigenvalue weighted by Gasteiger charge is -2.39. The Balaban J connectivity index is 1.79. The average molecular weight is 441 g/mol. The third kappa shape index (κ3) is 5.31. The van der Waals surface area contributed by atoms with Gasteiger partial charge in [-0.05, 0) is 44.3 Å². The lowest BCUT2D eigenvalue weighted by atomic mass is 10.2. The van der Waals surface area contributed by atoms with Crippen molar-refractivity contribution in [1.29, 1.82) is 0 Å². The zero-order valence-electron chi connectivity index (χ0n) is 19.0. The first-order chi connectivity index (χ1) is 14.0. The van der Waals surface area contributed by atoms with Crippen LogP contribution < -0.4 is 11.2 Å². The van der Waals surface area contributed by atoms with E-state index in [1.54, 1.807) is 13.1 Å². The van der Waals surface area contributed by atoms with E-state index in [0.29, 0.717) is 18.6 Å². The molecule has 0 spiro atoms. The Bertz CT molecular complexity index is 837. The molecule has 2 aliphatic rings. The van der Waals surface area contributed by atoms with Crippen LogP contribution in [0.25, 0.3) is 0 Å². The molecule has 1 N–H and O–H groups in total. The lowest BCUT2D eigenvalue weighted by Crippen LogP contribution is -2.46. The van der Waals surface area contributed by atoms with Crippen molar-refractivity contribution in [1.82, 2.24) is 9.55 Å². The van der Waals surface area contributed by atoms with Gasteiger partial charge in [0.15, 0.2) is 14.6 Å². The van der Waals surface area contributed by atoms with E-state index in [1.165, 1.54) is 4.57 Å². The number of ether oxygens (including phenoxy) is 3. The van der Waals surface area contributed by atoms with Crippen molar-refractivity contribution in [3.8, 4) is 0 Å². The first-order valence-electron chi connectivity index (χ1n) is 10.9. The number of nitrogens with one attached hydrogen (secondary N) is 1. The van der Waals surface area contributed by atoms with Gasteiger partial charge in [0.25, 0.3) is 5.56 Å². The van der Waals surface area contributed by atoms with E-state index in [0.717, 1.165) is 25.9 Å². The highest BCUT2D eigenvalue weighted by atomic mass is 28.4. The average Bonchev–Trinajstić information content (AvgIpc) is 3.04. The van der Waals surface area contributed by atoms with E-state index in [2.05, 4.69) is 38.8 Å². The molecule has 1 aromatic heterocycles. The van der Waals surface area contributed by atoms with E-state index in [4.69, 9.17) is 18.6 Å². The number of hydrogen-bond acceptors (Lipinski definition) is 6. The second kappa shape index (κ2) is 9.08. The standard InChI is InChI=1S/C21H36N2O6Si/c1-14-12-23(20(25)22-19(14)24)17-11-15(29-30(5,6)21(2,3)4)16(28-17)13-27-18-9-7-8-10-26-18/h12,15-18H,7-11,13H2,1-6H3,(H,22,24,25)/t15-,16+,17+,18?/m0/s1. The summed E-state index contributed by atoms with van der Waals surface area (Å²) in [7, 11) is -2.06. The van der Waals surface area contributed by atoms with E-state index >= 15 is 0 Å². The predicted molar refractivity (Wildman–Crippen MR) is 116 cm³/mol. The number of hydrogen-bond donors (Lipinski definition) is 1. The molecule has 9 heteroatoms. The Morgan fingerprint density at radius 1 is 1.27 bits per heavy atom. The Morgan fingerprint density at radius 2 is 2.00 bits per heavy atom. The second-order valence-electron chi connectivity index (χ2n) is 9.89. The van der Waals surface area contributed by atoms with Crippen molar-refractivity contribution in [2.75, 3.05) is 13.2 Å². The molecule has 0 saturated carbocycles. The molecule has 30 heavy (non-hydrogen) atoms. The van der Waals surface area contributed by atoms with Gasteiger partial charge in [-0.3, -0.25) is 14.3 Å². The van der Waals surface area contributed by atoms with Crippen molar-refractivity contribution < 1.29 is 18.6 Å². The summed E-state index contributed by atoms with van der Waals surface area (Å²) < 4.78 is 26.0. The summed E-state index contributed by atoms with van der Waals surface area (Å²) >= 11 is 0. The van der Waals surface area contributed by atoms with Crippen LogP contribution in [0.5, 0.6) is 0 Å². The van der Waals surface area contributed by atoms with Gasteiger partial charge in [0, 0.05) is 24.8 Å². The summed E-state index contributed by atoms with van der Waals surface area (Å²) in [5, 5.41) is 0.0500. The second-order valence-corrected chi connectivity index (χ2v) is 14.6. The van der Waals surface area contributed by atoms with Crippen molar-refractivity contribution in [3.05, 3.63) is 32.6 Å². The SMILES string of the molecule is Cc1cn([C@H]2C[C@H](O[Si](C)(C)C(C)(C)C)[C@@H](COC3CCCCO3)O2)c(=O)[nH]c1=O. The maximum absolute atomic E-state index is 12.4. The minimum absolute atomic E-state index is 0.0500. The van der Waals surface area contributed by atoms with Crippen LogP contribution >= 0.6 is 0 Å². The molecule has 3 rings (SSSR count). The molecule has 0 radical (unpaired) electrons. The van der Waals surface area contributed by atoms with Gasteiger partial charge in [-0.25, -0.2) is 4.79 Å². The summed E-state index contributed by atoms with van der Waals surface area (Å²) in [5.41, 5.74) is -0.383. The topological polar surface area (TPSA) is 91.8 Å². The summed E-state index contributed by atoms with van der Waals surface area (Å²) in [4.78, 5) is 26.5. The molecule has 1 aromatic rings. The highest BCUT2D eigenvalue weighted by molar-refractivity contribution is 6.74. The Kier molecular flexibility index (Phi) is 7.08. The third-order valence-electron chi connectivity index (χ3n) is 6.47. The molecular weight excluding hydrogens is 404 g/mol. The normalized spacial score (nSPS) is 28.1. The fraction of sp³-hybridized carbons (Fsp3) is 0.810. The number of H-pyrrole nitrogens is 1. The van der Waals surface area contributed by atoms with Gasteiger partial charge in [-0.2, -0.15) is 0 Å². The number of aromatic nitrogens is 2. The van der Waals surface area contributed by atoms with Crippen LogP contribution in [0, 0.1) is 6.92 Å². The van der Waals surface area contributed by atoms with Crippen LogP contribution in [0.15, 0.2) is 15.8 Å². The fourth-order valence-corrected chi connectivity index (χ4v) is 4.90. The van der Waals surface area contributed by atoms with Crippen LogP contribution in [0.2, 0.25) is 18.1 Å². The first kappa shape index (κ1) is 23.4. The Hall–Kier alpha value is -1.26. The zero-order valence-corrected chi connectivity index (χ0v) is 20.0. The minimum atomic E-state index is -2.06. The van der Waals surface area contributed by atoms with Crippen LogP contribution in [-0.4, -0.2) is 49.6 Å². The first-order valence-corrected chi connectivity index (χ1v) is 13.8. The highest BCUT2D eigenvalue weighted by Gasteiger charge is 2.45. The molecule has 8 nitrogen and oxygen atoms in total. The van der Waals surface area contributed by atoms with Gasteiger partial charge in [0.1, 0.15) is 12.3 Å². The molecule has 0 amide bonds. The largest absolute Gasteiger partial charge is 0.411 e. The van der Waals surface area contributed by atoms with Crippen molar-refractivity contribution >= 4 is 8.32 Å². The van der Waals surface area contributed by atoms with Crippen LogP contribution in [-0.2, 0) is 18.6 Å². The number of nitrogens with zero attached hydrogens (tertiary/aromatic N) is 1. The van der Waals surface area contributed by atoms with Gasteiger partial charge in [-0.1, -0.05) is 20.8 Å². The smallest absolute Gasteiger partial charge is 0.330 e. The van der Waals surface area contributed by atoms with Gasteiger partial charge in [0.2, 0.25) is 0 Å². The summed E-state index contributed by atoms with van der Waals surface area (Å²) in [6.45, 7) is 13.7. The van der Waals surface area contributed by atoms with Gasteiger partial charge < -0.3 is 18.6 Å². The van der Waals surface area contributed by atoms with Crippen LogP contribution in [0.3, 0.4) is 0 Å². The maximum atomic E-state index is 12.4. The minimum Gasteiger partial charge on any atom is -0.411 e. The molecule has 2 aliphatic heterocycles. The molecule has 0 aromatic carbocycles. The summed E-state index contributed by atoms with van der Waals surface area (Å²) in [5.74, 6) is 0. The fourth-order valence-electron chi connectivity index (χ4n) is 3.55. The van der Waals surface area contributed by atoms with Crippen molar-refractivity contribution in [2.45, 2.75) is 96.2 Å². The van der Waals surface area contributed by atoms with E-state index in [-0.39, 0.29) is 29.1 Å². The highest BCUT2D eigenvalue weighted by Crippen LogP contribution is 2.41. The number of aryl methyl sites for hydroxylation is 1. The molecular formula is C21H36N2O6Si. The molecule has 2 fully saturated rings. The molecule has 170 valence electrons. The molecule has 3 heterocycles. The third-order valence-corrected chi connectivity index (χ3v) is 11.0. The molecule has 0 bridgehead atoms. The number of rotatable bonds is 6. The molecule has 2 saturated heterocycles. The maximum Gasteiger partial charge on any atom is 0.330 e.